The number of halogens is 1. The van der Waals surface area contributed by atoms with Crippen LogP contribution in [0.5, 0.6) is 11.5 Å². The van der Waals surface area contributed by atoms with Gasteiger partial charge in [0.1, 0.15) is 24.2 Å². The Kier molecular flexibility index (Phi) is 7.20. The molecule has 0 bridgehead atoms. The van der Waals surface area contributed by atoms with Crippen molar-refractivity contribution in [2.45, 2.75) is 11.0 Å². The highest BCUT2D eigenvalue weighted by atomic mass is 35.5. The molecule has 0 aliphatic heterocycles. The first-order chi connectivity index (χ1) is 14.4. The molecule has 1 N–H and O–H groups in total. The number of hydrogen-bond acceptors (Lipinski definition) is 5. The first-order valence-electron chi connectivity index (χ1n) is 9.19. The summed E-state index contributed by atoms with van der Waals surface area (Å²) in [5, 5.41) is 11.0. The third-order valence-electron chi connectivity index (χ3n) is 4.33. The van der Waals surface area contributed by atoms with Crippen molar-refractivity contribution in [3.8, 4) is 11.5 Å². The smallest absolute Gasteiger partial charge is 0.264 e. The summed E-state index contributed by atoms with van der Waals surface area (Å²) < 4.78 is 38.8. The topological polar surface area (TPSA) is 76.1 Å². The number of benzene rings is 3. The van der Waals surface area contributed by atoms with E-state index in [0.717, 1.165) is 4.31 Å². The summed E-state index contributed by atoms with van der Waals surface area (Å²) >= 11 is 6.07. The van der Waals surface area contributed by atoms with Gasteiger partial charge in [0, 0.05) is 0 Å². The molecule has 0 aromatic heterocycles. The fourth-order valence-corrected chi connectivity index (χ4v) is 4.60. The molecule has 0 fully saturated rings. The van der Waals surface area contributed by atoms with Gasteiger partial charge in [-0.15, -0.1) is 0 Å². The van der Waals surface area contributed by atoms with E-state index in [9.17, 15) is 13.5 Å². The summed E-state index contributed by atoms with van der Waals surface area (Å²) in [6.07, 6.45) is -1.12. The molecule has 30 heavy (non-hydrogen) atoms. The molecule has 0 aliphatic rings. The number of nitrogens with zero attached hydrogens (tertiary/aromatic N) is 1. The average Bonchev–Trinajstić information content (AvgIpc) is 2.77. The minimum Gasteiger partial charge on any atom is -0.495 e. The highest BCUT2D eigenvalue weighted by molar-refractivity contribution is 7.92. The Morgan fingerprint density at radius 3 is 2.20 bits per heavy atom. The van der Waals surface area contributed by atoms with Crippen molar-refractivity contribution in [2.24, 2.45) is 0 Å². The van der Waals surface area contributed by atoms with Crippen molar-refractivity contribution in [3.05, 3.63) is 83.9 Å². The Bertz CT molecular complexity index is 1080. The van der Waals surface area contributed by atoms with Gasteiger partial charge in [0.15, 0.2) is 0 Å². The van der Waals surface area contributed by atoms with Crippen LogP contribution in [-0.4, -0.2) is 39.9 Å². The lowest BCUT2D eigenvalue weighted by Crippen LogP contribution is -2.40. The summed E-state index contributed by atoms with van der Waals surface area (Å²) in [6, 6.07) is 21.6. The molecule has 0 amide bonds. The van der Waals surface area contributed by atoms with Gasteiger partial charge in [-0.1, -0.05) is 54.1 Å². The van der Waals surface area contributed by atoms with E-state index < -0.39 is 16.1 Å². The number of rotatable bonds is 9. The SMILES string of the molecule is COc1ccccc1N(CC(O)COc1ccccc1Cl)S(=O)(=O)c1ccccc1. The van der Waals surface area contributed by atoms with Gasteiger partial charge < -0.3 is 14.6 Å². The zero-order chi connectivity index (χ0) is 21.6. The second kappa shape index (κ2) is 9.84. The van der Waals surface area contributed by atoms with Gasteiger partial charge in [0.05, 0.1) is 29.3 Å². The van der Waals surface area contributed by atoms with Crippen molar-refractivity contribution >= 4 is 27.3 Å². The van der Waals surface area contributed by atoms with Crippen molar-refractivity contribution in [2.75, 3.05) is 24.6 Å². The minimum atomic E-state index is -3.96. The first kappa shape index (κ1) is 22.0. The van der Waals surface area contributed by atoms with Crippen LogP contribution in [0, 0.1) is 0 Å². The van der Waals surface area contributed by atoms with Crippen LogP contribution >= 0.6 is 11.6 Å². The quantitative estimate of drug-likeness (QED) is 0.537. The molecule has 3 rings (SSSR count). The molecule has 3 aromatic carbocycles. The lowest BCUT2D eigenvalue weighted by molar-refractivity contribution is 0.115. The maximum Gasteiger partial charge on any atom is 0.264 e. The Morgan fingerprint density at radius 2 is 1.53 bits per heavy atom. The second-order valence-corrected chi connectivity index (χ2v) is 8.69. The van der Waals surface area contributed by atoms with Crippen LogP contribution in [0.15, 0.2) is 83.8 Å². The van der Waals surface area contributed by atoms with E-state index >= 15 is 0 Å². The van der Waals surface area contributed by atoms with E-state index in [1.807, 2.05) is 0 Å². The summed E-state index contributed by atoms with van der Waals surface area (Å²) in [5.41, 5.74) is 0.320. The van der Waals surface area contributed by atoms with Crippen molar-refractivity contribution in [3.63, 3.8) is 0 Å². The van der Waals surface area contributed by atoms with Gasteiger partial charge in [-0.2, -0.15) is 0 Å². The van der Waals surface area contributed by atoms with Gasteiger partial charge in [0.2, 0.25) is 0 Å². The molecule has 0 saturated carbocycles. The predicted molar refractivity (Wildman–Crippen MR) is 117 cm³/mol. The molecule has 1 unspecified atom stereocenters. The van der Waals surface area contributed by atoms with Crippen LogP contribution in [-0.2, 0) is 10.0 Å². The molecule has 158 valence electrons. The van der Waals surface area contributed by atoms with E-state index in [2.05, 4.69) is 0 Å². The largest absolute Gasteiger partial charge is 0.495 e. The number of methoxy groups -OCH3 is 1. The van der Waals surface area contributed by atoms with Gasteiger partial charge >= 0.3 is 0 Å². The third-order valence-corrected chi connectivity index (χ3v) is 6.44. The molecule has 0 radical (unpaired) electrons. The minimum absolute atomic E-state index is 0.107. The van der Waals surface area contributed by atoms with Crippen molar-refractivity contribution in [1.82, 2.24) is 0 Å². The number of aliphatic hydroxyl groups is 1. The Balaban J connectivity index is 1.89. The van der Waals surface area contributed by atoms with Crippen molar-refractivity contribution in [1.29, 1.82) is 0 Å². The lowest BCUT2D eigenvalue weighted by atomic mass is 10.2. The van der Waals surface area contributed by atoms with Gasteiger partial charge in [-0.05, 0) is 36.4 Å². The molecule has 0 heterocycles. The van der Waals surface area contributed by atoms with Crippen LogP contribution in [0.4, 0.5) is 5.69 Å². The Hall–Kier alpha value is -2.74. The lowest BCUT2D eigenvalue weighted by Gasteiger charge is -2.28. The molecular weight excluding hydrogens is 426 g/mol. The van der Waals surface area contributed by atoms with Crippen LogP contribution in [0.1, 0.15) is 0 Å². The number of ether oxygens (including phenoxy) is 2. The molecule has 0 saturated heterocycles. The molecule has 0 aliphatic carbocycles. The average molecular weight is 448 g/mol. The molecule has 6 nitrogen and oxygen atoms in total. The third kappa shape index (κ3) is 5.05. The molecule has 0 spiro atoms. The molecule has 3 aromatic rings. The zero-order valence-electron chi connectivity index (χ0n) is 16.3. The first-order valence-corrected chi connectivity index (χ1v) is 11.0. The van der Waals surface area contributed by atoms with E-state index in [1.165, 1.54) is 19.2 Å². The van der Waals surface area contributed by atoms with Crippen molar-refractivity contribution < 1.29 is 23.0 Å². The summed E-state index contributed by atoms with van der Waals surface area (Å²) in [6.45, 7) is -0.373. The highest BCUT2D eigenvalue weighted by Crippen LogP contribution is 2.32. The Morgan fingerprint density at radius 1 is 0.933 bits per heavy atom. The molecular formula is C22H22ClNO5S. The Labute approximate surface area is 181 Å². The normalized spacial score (nSPS) is 12.2. The zero-order valence-corrected chi connectivity index (χ0v) is 17.9. The van der Waals surface area contributed by atoms with Crippen LogP contribution in [0.25, 0.3) is 0 Å². The maximum absolute atomic E-state index is 13.4. The molecule has 8 heteroatoms. The standard InChI is InChI=1S/C22H22ClNO5S/c1-28-22-14-8-6-12-20(22)24(30(26,27)18-9-3-2-4-10-18)15-17(25)16-29-21-13-7-5-11-19(21)23/h2-14,17,25H,15-16H2,1H3. The van der Waals surface area contributed by atoms with E-state index in [1.54, 1.807) is 66.7 Å². The number of para-hydroxylation sites is 3. The van der Waals surface area contributed by atoms with E-state index in [0.29, 0.717) is 22.2 Å². The number of sulfonamides is 1. The fourth-order valence-electron chi connectivity index (χ4n) is 2.87. The van der Waals surface area contributed by atoms with Gasteiger partial charge in [-0.25, -0.2) is 8.42 Å². The maximum atomic E-state index is 13.4. The summed E-state index contributed by atoms with van der Waals surface area (Å²) in [4.78, 5) is 0.107. The van der Waals surface area contributed by atoms with Crippen LogP contribution in [0.3, 0.4) is 0 Å². The fraction of sp³-hybridized carbons (Fsp3) is 0.182. The highest BCUT2D eigenvalue weighted by Gasteiger charge is 2.29. The van der Waals surface area contributed by atoms with Gasteiger partial charge in [-0.3, -0.25) is 4.31 Å². The van der Waals surface area contributed by atoms with E-state index in [-0.39, 0.29) is 18.0 Å². The monoisotopic (exact) mass is 447 g/mol. The summed E-state index contributed by atoms with van der Waals surface area (Å²) in [7, 11) is -2.50. The number of aliphatic hydroxyl groups excluding tert-OH is 1. The predicted octanol–water partition coefficient (Wildman–Crippen LogP) is 3.98. The molecule has 1 atom stereocenters. The van der Waals surface area contributed by atoms with Crippen LogP contribution in [0.2, 0.25) is 5.02 Å². The summed E-state index contributed by atoms with van der Waals surface area (Å²) in [5.74, 6) is 0.782. The second-order valence-electron chi connectivity index (χ2n) is 6.42. The number of anilines is 1. The van der Waals surface area contributed by atoms with Crippen LogP contribution < -0.4 is 13.8 Å². The van der Waals surface area contributed by atoms with Gasteiger partial charge in [0.25, 0.3) is 10.0 Å². The number of hydrogen-bond donors (Lipinski definition) is 1. The van der Waals surface area contributed by atoms with E-state index in [4.69, 9.17) is 21.1 Å².